The fourth-order valence-electron chi connectivity index (χ4n) is 1.65. The molecular formula is C13H18N2O4. The maximum Gasteiger partial charge on any atom is 0.311 e. The zero-order valence-electron chi connectivity index (χ0n) is 11.1. The number of hydrogen-bond donors (Lipinski definition) is 1. The summed E-state index contributed by atoms with van der Waals surface area (Å²) in [6, 6.07) is 4.17. The molecule has 0 saturated heterocycles. The van der Waals surface area contributed by atoms with E-state index < -0.39 is 4.92 Å². The van der Waals surface area contributed by atoms with E-state index >= 15 is 0 Å². The van der Waals surface area contributed by atoms with E-state index in [0.29, 0.717) is 6.54 Å². The van der Waals surface area contributed by atoms with Crippen molar-refractivity contribution in [3.63, 3.8) is 0 Å². The normalized spacial score (nSPS) is 10.0. The van der Waals surface area contributed by atoms with Crippen LogP contribution in [0.2, 0.25) is 0 Å². The van der Waals surface area contributed by atoms with Gasteiger partial charge in [0.1, 0.15) is 0 Å². The number of nitrogens with zero attached hydrogens (tertiary/aromatic N) is 1. The highest BCUT2D eigenvalue weighted by molar-refractivity contribution is 5.95. The minimum Gasteiger partial charge on any atom is -0.490 e. The van der Waals surface area contributed by atoms with Gasteiger partial charge in [-0.3, -0.25) is 14.9 Å². The molecule has 1 aromatic carbocycles. The Labute approximate surface area is 111 Å². The summed E-state index contributed by atoms with van der Waals surface area (Å²) in [5, 5.41) is 13.6. The number of rotatable bonds is 7. The molecule has 6 heteroatoms. The van der Waals surface area contributed by atoms with Crippen LogP contribution in [0.1, 0.15) is 36.5 Å². The quantitative estimate of drug-likeness (QED) is 0.467. The predicted octanol–water partition coefficient (Wildman–Crippen LogP) is 2.52. The van der Waals surface area contributed by atoms with E-state index in [-0.39, 0.29) is 22.9 Å². The molecule has 1 aromatic rings. The second kappa shape index (κ2) is 7.35. The molecule has 1 N–H and O–H groups in total. The van der Waals surface area contributed by atoms with E-state index in [1.807, 2.05) is 0 Å². The van der Waals surface area contributed by atoms with E-state index in [4.69, 9.17) is 4.74 Å². The molecule has 104 valence electrons. The summed E-state index contributed by atoms with van der Waals surface area (Å²) in [7, 11) is 1.35. The van der Waals surface area contributed by atoms with Crippen LogP contribution in [0, 0.1) is 10.1 Å². The maximum absolute atomic E-state index is 11.8. The Morgan fingerprint density at radius 3 is 2.74 bits per heavy atom. The molecule has 0 aliphatic rings. The monoisotopic (exact) mass is 266 g/mol. The second-order valence-corrected chi connectivity index (χ2v) is 4.11. The number of carbonyl (C=O) groups excluding carboxylic acids is 1. The van der Waals surface area contributed by atoms with Crippen molar-refractivity contribution in [2.45, 2.75) is 26.2 Å². The first-order chi connectivity index (χ1) is 9.10. The zero-order valence-corrected chi connectivity index (χ0v) is 11.1. The number of ether oxygens (including phenoxy) is 1. The van der Waals surface area contributed by atoms with Gasteiger partial charge in [0.05, 0.1) is 12.0 Å². The van der Waals surface area contributed by atoms with Crippen molar-refractivity contribution in [1.29, 1.82) is 0 Å². The lowest BCUT2D eigenvalue weighted by Gasteiger charge is -2.06. The van der Waals surface area contributed by atoms with Crippen molar-refractivity contribution in [3.05, 3.63) is 33.9 Å². The van der Waals surface area contributed by atoms with Crippen LogP contribution >= 0.6 is 0 Å². The van der Waals surface area contributed by atoms with Gasteiger partial charge in [-0.25, -0.2) is 0 Å². The maximum atomic E-state index is 11.8. The Balaban J connectivity index is 2.75. The summed E-state index contributed by atoms with van der Waals surface area (Å²) in [6.07, 6.45) is 3.02. The lowest BCUT2D eigenvalue weighted by Crippen LogP contribution is -2.24. The number of methoxy groups -OCH3 is 1. The molecule has 0 radical (unpaired) electrons. The van der Waals surface area contributed by atoms with Gasteiger partial charge in [-0.05, 0) is 18.6 Å². The van der Waals surface area contributed by atoms with Gasteiger partial charge >= 0.3 is 5.69 Å². The van der Waals surface area contributed by atoms with Gasteiger partial charge in [-0.1, -0.05) is 19.8 Å². The van der Waals surface area contributed by atoms with Crippen LogP contribution in [0.25, 0.3) is 0 Å². The highest BCUT2D eigenvalue weighted by atomic mass is 16.6. The first-order valence-electron chi connectivity index (χ1n) is 6.20. The summed E-state index contributed by atoms with van der Waals surface area (Å²) in [6.45, 7) is 2.65. The number of nitrogens with one attached hydrogen (secondary N) is 1. The molecule has 0 saturated carbocycles. The lowest BCUT2D eigenvalue weighted by atomic mass is 10.1. The van der Waals surface area contributed by atoms with E-state index in [2.05, 4.69) is 12.2 Å². The molecule has 6 nitrogen and oxygen atoms in total. The van der Waals surface area contributed by atoms with Crippen LogP contribution in [-0.2, 0) is 0 Å². The van der Waals surface area contributed by atoms with E-state index in [0.717, 1.165) is 19.3 Å². The molecule has 0 aliphatic carbocycles. The topological polar surface area (TPSA) is 81.5 Å². The number of nitro groups is 1. The summed E-state index contributed by atoms with van der Waals surface area (Å²) in [4.78, 5) is 22.1. The molecule has 0 heterocycles. The first-order valence-corrected chi connectivity index (χ1v) is 6.20. The van der Waals surface area contributed by atoms with Crippen molar-refractivity contribution in [2.75, 3.05) is 13.7 Å². The van der Waals surface area contributed by atoms with Crippen molar-refractivity contribution in [1.82, 2.24) is 5.32 Å². The van der Waals surface area contributed by atoms with Crippen LogP contribution in [0.5, 0.6) is 5.75 Å². The molecule has 0 bridgehead atoms. The third kappa shape index (κ3) is 4.24. The van der Waals surface area contributed by atoms with Crippen LogP contribution in [0.4, 0.5) is 5.69 Å². The molecule has 1 amide bonds. The summed E-state index contributed by atoms with van der Waals surface area (Å²) >= 11 is 0. The van der Waals surface area contributed by atoms with Crippen LogP contribution in [-0.4, -0.2) is 24.5 Å². The van der Waals surface area contributed by atoms with Gasteiger partial charge in [0.15, 0.2) is 5.75 Å². The van der Waals surface area contributed by atoms with Crippen LogP contribution in [0.15, 0.2) is 18.2 Å². The summed E-state index contributed by atoms with van der Waals surface area (Å²) in [5.41, 5.74) is 0.0627. The van der Waals surface area contributed by atoms with Gasteiger partial charge in [-0.15, -0.1) is 0 Å². The number of hydrogen-bond acceptors (Lipinski definition) is 4. The van der Waals surface area contributed by atoms with Gasteiger partial charge in [-0.2, -0.15) is 0 Å². The minimum absolute atomic E-state index is 0.146. The number of carbonyl (C=O) groups is 1. The Hall–Kier alpha value is -2.11. The molecule has 0 aliphatic heterocycles. The largest absolute Gasteiger partial charge is 0.490 e. The number of unbranched alkanes of at least 4 members (excludes halogenated alkanes) is 2. The fourth-order valence-corrected chi connectivity index (χ4v) is 1.65. The van der Waals surface area contributed by atoms with Crippen molar-refractivity contribution in [2.24, 2.45) is 0 Å². The smallest absolute Gasteiger partial charge is 0.311 e. The van der Waals surface area contributed by atoms with Crippen molar-refractivity contribution >= 4 is 11.6 Å². The number of benzene rings is 1. The van der Waals surface area contributed by atoms with Gasteiger partial charge in [0.2, 0.25) is 0 Å². The summed E-state index contributed by atoms with van der Waals surface area (Å²) < 4.78 is 4.88. The molecule has 19 heavy (non-hydrogen) atoms. The third-order valence-electron chi connectivity index (χ3n) is 2.70. The first kappa shape index (κ1) is 14.9. The standard InChI is InChI=1S/C13H18N2O4/c1-3-4-5-8-14-13(16)10-6-7-12(19-2)11(9-10)15(17)18/h6-7,9H,3-5,8H2,1-2H3,(H,14,16). The Morgan fingerprint density at radius 2 is 2.16 bits per heavy atom. The predicted molar refractivity (Wildman–Crippen MR) is 71.5 cm³/mol. The SMILES string of the molecule is CCCCCNC(=O)c1ccc(OC)c([N+](=O)[O-])c1. The Kier molecular flexibility index (Phi) is 5.78. The highest BCUT2D eigenvalue weighted by Crippen LogP contribution is 2.27. The molecular weight excluding hydrogens is 248 g/mol. The molecule has 0 atom stereocenters. The average molecular weight is 266 g/mol. The van der Waals surface area contributed by atoms with E-state index in [9.17, 15) is 14.9 Å². The summed E-state index contributed by atoms with van der Waals surface area (Å²) in [5.74, 6) is -0.158. The van der Waals surface area contributed by atoms with E-state index in [1.165, 1.54) is 25.3 Å². The second-order valence-electron chi connectivity index (χ2n) is 4.11. The van der Waals surface area contributed by atoms with Gasteiger partial charge < -0.3 is 10.1 Å². The van der Waals surface area contributed by atoms with Gasteiger partial charge in [0.25, 0.3) is 5.91 Å². The fraction of sp³-hybridized carbons (Fsp3) is 0.462. The highest BCUT2D eigenvalue weighted by Gasteiger charge is 2.17. The Morgan fingerprint density at radius 1 is 1.42 bits per heavy atom. The van der Waals surface area contributed by atoms with Crippen molar-refractivity contribution in [3.8, 4) is 5.75 Å². The van der Waals surface area contributed by atoms with Crippen molar-refractivity contribution < 1.29 is 14.5 Å². The number of amides is 1. The molecule has 0 unspecified atom stereocenters. The third-order valence-corrected chi connectivity index (χ3v) is 2.70. The molecule has 0 spiro atoms. The van der Waals surface area contributed by atoms with E-state index in [1.54, 1.807) is 0 Å². The molecule has 0 fully saturated rings. The van der Waals surface area contributed by atoms with Crippen LogP contribution < -0.4 is 10.1 Å². The Bertz CT molecular complexity index is 460. The lowest BCUT2D eigenvalue weighted by molar-refractivity contribution is -0.385. The average Bonchev–Trinajstić information content (AvgIpc) is 2.42. The van der Waals surface area contributed by atoms with Gasteiger partial charge in [0, 0.05) is 18.2 Å². The minimum atomic E-state index is -0.563. The molecule has 1 rings (SSSR count). The number of nitro benzene ring substituents is 1. The molecule has 0 aromatic heterocycles. The zero-order chi connectivity index (χ0) is 14.3. The van der Waals surface area contributed by atoms with Crippen LogP contribution in [0.3, 0.4) is 0 Å².